The van der Waals surface area contributed by atoms with Gasteiger partial charge in [-0.1, -0.05) is 30.3 Å². The molecule has 3 aromatic carbocycles. The molecule has 0 radical (unpaired) electrons. The third-order valence-corrected chi connectivity index (χ3v) is 3.19. The fourth-order valence-electron chi connectivity index (χ4n) is 2.15. The lowest BCUT2D eigenvalue weighted by atomic mass is 10.1. The Morgan fingerprint density at radius 3 is 2.35 bits per heavy atom. The summed E-state index contributed by atoms with van der Waals surface area (Å²) in [5.41, 5.74) is 15.6. The van der Waals surface area contributed by atoms with Gasteiger partial charge < -0.3 is 11.1 Å². The van der Waals surface area contributed by atoms with Crippen LogP contribution in [0.4, 0.5) is 22.7 Å². The monoisotopic (exact) mass is 262 g/mol. The average molecular weight is 262 g/mol. The van der Waals surface area contributed by atoms with Crippen molar-refractivity contribution in [3.63, 3.8) is 0 Å². The third-order valence-electron chi connectivity index (χ3n) is 3.19. The van der Waals surface area contributed by atoms with Crippen molar-refractivity contribution in [3.8, 4) is 0 Å². The van der Waals surface area contributed by atoms with E-state index in [1.54, 1.807) is 12.1 Å². The van der Waals surface area contributed by atoms with E-state index in [0.717, 1.165) is 11.4 Å². The van der Waals surface area contributed by atoms with Crippen LogP contribution in [0, 0.1) is 5.53 Å². The molecule has 0 fully saturated rings. The molecule has 20 heavy (non-hydrogen) atoms. The molecule has 0 aliphatic rings. The lowest BCUT2D eigenvalue weighted by Crippen LogP contribution is -1.92. The predicted molar refractivity (Wildman–Crippen MR) is 82.9 cm³/mol. The van der Waals surface area contributed by atoms with Gasteiger partial charge in [0.05, 0.1) is 5.69 Å². The van der Waals surface area contributed by atoms with Gasteiger partial charge in [-0.3, -0.25) is 0 Å². The number of anilines is 3. The zero-order valence-electron chi connectivity index (χ0n) is 10.8. The summed E-state index contributed by atoms with van der Waals surface area (Å²) < 4.78 is 0. The van der Waals surface area contributed by atoms with Crippen molar-refractivity contribution in [2.24, 2.45) is 5.11 Å². The molecule has 3 rings (SSSR count). The van der Waals surface area contributed by atoms with E-state index < -0.39 is 0 Å². The number of benzene rings is 3. The molecule has 4 heteroatoms. The maximum atomic E-state index is 7.09. The minimum Gasteiger partial charge on any atom is -0.397 e. The lowest BCUT2D eigenvalue weighted by Gasteiger charge is -2.09. The Balaban J connectivity index is 1.94. The highest BCUT2D eigenvalue weighted by atomic mass is 15.0. The normalized spacial score (nSPS) is 10.4. The van der Waals surface area contributed by atoms with Crippen LogP contribution in [0.15, 0.2) is 65.8 Å². The first-order valence-corrected chi connectivity index (χ1v) is 6.29. The minimum absolute atomic E-state index is 0.468. The number of rotatable bonds is 3. The molecule has 98 valence electrons. The highest BCUT2D eigenvalue weighted by Crippen LogP contribution is 2.28. The first kappa shape index (κ1) is 12.2. The molecular formula is C16H14N4. The molecule has 0 spiro atoms. The quantitative estimate of drug-likeness (QED) is 0.467. The maximum Gasteiger partial charge on any atom is 0.110 e. The second-order valence-electron chi connectivity index (χ2n) is 4.57. The van der Waals surface area contributed by atoms with Gasteiger partial charge in [0, 0.05) is 11.4 Å². The Hall–Kier alpha value is -2.88. The number of nitrogens with one attached hydrogen (secondary N) is 2. The molecule has 4 N–H and O–H groups in total. The predicted octanol–water partition coefficient (Wildman–Crippen LogP) is 4.83. The van der Waals surface area contributed by atoms with Crippen LogP contribution in [0.2, 0.25) is 0 Å². The summed E-state index contributed by atoms with van der Waals surface area (Å²) in [6.07, 6.45) is 0. The largest absolute Gasteiger partial charge is 0.397 e. The topological polar surface area (TPSA) is 74.3 Å². The van der Waals surface area contributed by atoms with Crippen molar-refractivity contribution in [2.75, 3.05) is 11.1 Å². The number of fused-ring (bicyclic) bond motifs is 1. The van der Waals surface area contributed by atoms with E-state index in [2.05, 4.69) is 34.7 Å². The number of hydrogen-bond acceptors (Lipinski definition) is 4. The standard InChI is InChI=1S/C16H14N4/c17-15-8-7-14(10-16(15)20-18)19-13-6-5-11-3-1-2-4-12(11)9-13/h1-10,18-19H,17H2. The Kier molecular flexibility index (Phi) is 3.05. The van der Waals surface area contributed by atoms with Gasteiger partial charge >= 0.3 is 0 Å². The summed E-state index contributed by atoms with van der Waals surface area (Å²) in [4.78, 5) is 0. The molecule has 0 aromatic heterocycles. The zero-order chi connectivity index (χ0) is 13.9. The van der Waals surface area contributed by atoms with E-state index in [-0.39, 0.29) is 0 Å². The maximum absolute atomic E-state index is 7.09. The van der Waals surface area contributed by atoms with Crippen LogP contribution >= 0.6 is 0 Å². The lowest BCUT2D eigenvalue weighted by molar-refractivity contribution is 1.15. The Morgan fingerprint density at radius 2 is 1.55 bits per heavy atom. The van der Waals surface area contributed by atoms with E-state index in [1.807, 2.05) is 24.3 Å². The smallest absolute Gasteiger partial charge is 0.110 e. The summed E-state index contributed by atoms with van der Waals surface area (Å²) in [5, 5.41) is 9.09. The number of nitrogens with zero attached hydrogens (tertiary/aromatic N) is 1. The van der Waals surface area contributed by atoms with Gasteiger partial charge in [0.25, 0.3) is 0 Å². The van der Waals surface area contributed by atoms with Gasteiger partial charge in [-0.2, -0.15) is 5.11 Å². The van der Waals surface area contributed by atoms with E-state index in [1.165, 1.54) is 10.8 Å². The van der Waals surface area contributed by atoms with Crippen molar-refractivity contribution in [3.05, 3.63) is 60.7 Å². The highest BCUT2D eigenvalue weighted by Gasteiger charge is 2.01. The first-order chi connectivity index (χ1) is 9.76. The number of nitrogens with two attached hydrogens (primary N) is 1. The minimum atomic E-state index is 0.468. The Morgan fingerprint density at radius 1 is 0.850 bits per heavy atom. The van der Waals surface area contributed by atoms with Gasteiger partial charge in [-0.15, -0.1) is 0 Å². The van der Waals surface area contributed by atoms with Gasteiger partial charge in [-0.25, -0.2) is 5.53 Å². The van der Waals surface area contributed by atoms with Crippen molar-refractivity contribution in [2.45, 2.75) is 0 Å². The fourth-order valence-corrected chi connectivity index (χ4v) is 2.15. The molecule has 0 bridgehead atoms. The van der Waals surface area contributed by atoms with Gasteiger partial charge in [-0.05, 0) is 41.1 Å². The van der Waals surface area contributed by atoms with E-state index >= 15 is 0 Å². The third kappa shape index (κ3) is 2.31. The first-order valence-electron chi connectivity index (χ1n) is 6.29. The van der Waals surface area contributed by atoms with Crippen molar-refractivity contribution < 1.29 is 0 Å². The van der Waals surface area contributed by atoms with Crippen LogP contribution in [0.5, 0.6) is 0 Å². The van der Waals surface area contributed by atoms with Crippen LogP contribution in [-0.4, -0.2) is 0 Å². The van der Waals surface area contributed by atoms with Gasteiger partial charge in [0.1, 0.15) is 5.69 Å². The van der Waals surface area contributed by atoms with E-state index in [9.17, 15) is 0 Å². The summed E-state index contributed by atoms with van der Waals surface area (Å²) in [6.45, 7) is 0. The van der Waals surface area contributed by atoms with Crippen molar-refractivity contribution in [1.29, 1.82) is 5.53 Å². The molecular weight excluding hydrogens is 248 g/mol. The van der Waals surface area contributed by atoms with Crippen molar-refractivity contribution in [1.82, 2.24) is 0 Å². The van der Waals surface area contributed by atoms with E-state index in [0.29, 0.717) is 11.4 Å². The van der Waals surface area contributed by atoms with Crippen LogP contribution in [-0.2, 0) is 0 Å². The molecule has 0 atom stereocenters. The molecule has 0 unspecified atom stereocenters. The SMILES string of the molecule is N=Nc1cc(Nc2ccc3ccccc3c2)ccc1N. The molecule has 4 nitrogen and oxygen atoms in total. The van der Waals surface area contributed by atoms with Crippen molar-refractivity contribution >= 4 is 33.5 Å². The molecule has 3 aromatic rings. The molecule has 0 amide bonds. The fraction of sp³-hybridized carbons (Fsp3) is 0. The number of nitrogen functional groups attached to an aromatic ring is 1. The molecule has 0 aliphatic carbocycles. The van der Waals surface area contributed by atoms with Gasteiger partial charge in [0.2, 0.25) is 0 Å². The molecule has 0 saturated carbocycles. The Labute approximate surface area is 116 Å². The molecule has 0 saturated heterocycles. The van der Waals surface area contributed by atoms with Crippen LogP contribution in [0.25, 0.3) is 10.8 Å². The second-order valence-corrected chi connectivity index (χ2v) is 4.57. The summed E-state index contributed by atoms with van der Waals surface area (Å²) in [6, 6.07) is 19.8. The summed E-state index contributed by atoms with van der Waals surface area (Å²) in [5.74, 6) is 0. The van der Waals surface area contributed by atoms with Crippen LogP contribution in [0.3, 0.4) is 0 Å². The molecule has 0 aliphatic heterocycles. The summed E-state index contributed by atoms with van der Waals surface area (Å²) in [7, 11) is 0. The highest BCUT2D eigenvalue weighted by molar-refractivity contribution is 5.86. The second kappa shape index (κ2) is 5.01. The summed E-state index contributed by atoms with van der Waals surface area (Å²) >= 11 is 0. The van der Waals surface area contributed by atoms with Crippen LogP contribution in [0.1, 0.15) is 0 Å². The Bertz CT molecular complexity index is 780. The van der Waals surface area contributed by atoms with Gasteiger partial charge in [0.15, 0.2) is 0 Å². The van der Waals surface area contributed by atoms with Crippen LogP contribution < -0.4 is 11.1 Å². The zero-order valence-corrected chi connectivity index (χ0v) is 10.8. The molecule has 0 heterocycles. The van der Waals surface area contributed by atoms with E-state index in [4.69, 9.17) is 11.3 Å². The number of hydrogen-bond donors (Lipinski definition) is 3. The average Bonchev–Trinajstić information content (AvgIpc) is 2.49.